The Morgan fingerprint density at radius 3 is 2.69 bits per heavy atom. The standard InChI is InChI=1S/C18H23F2N3O3/c19-18(20)26-14-7-5-13(6-8-14)23-10-2-4-15(17(23)25)22-16(24)11-12-3-1-9-21-12/h5-8,12,15,18,21H,1-4,9-11H2,(H,22,24). The van der Waals surface area contributed by atoms with E-state index in [-0.39, 0.29) is 23.6 Å². The van der Waals surface area contributed by atoms with Gasteiger partial charge in [0.05, 0.1) is 0 Å². The van der Waals surface area contributed by atoms with Crippen LogP contribution in [0.2, 0.25) is 0 Å². The van der Waals surface area contributed by atoms with Gasteiger partial charge < -0.3 is 20.3 Å². The van der Waals surface area contributed by atoms with E-state index in [0.717, 1.165) is 25.8 Å². The molecule has 0 aromatic heterocycles. The van der Waals surface area contributed by atoms with Gasteiger partial charge in [0, 0.05) is 24.7 Å². The summed E-state index contributed by atoms with van der Waals surface area (Å²) in [6.45, 7) is -1.42. The number of halogens is 2. The highest BCUT2D eigenvalue weighted by atomic mass is 19.3. The van der Waals surface area contributed by atoms with Gasteiger partial charge in [-0.25, -0.2) is 0 Å². The number of nitrogens with zero attached hydrogens (tertiary/aromatic N) is 1. The van der Waals surface area contributed by atoms with Crippen LogP contribution in [0.25, 0.3) is 0 Å². The normalized spacial score (nSPS) is 23.3. The molecule has 2 saturated heterocycles. The molecule has 8 heteroatoms. The maximum absolute atomic E-state index is 12.7. The molecule has 2 atom stereocenters. The number of anilines is 1. The fourth-order valence-electron chi connectivity index (χ4n) is 3.48. The third-order valence-electron chi connectivity index (χ3n) is 4.74. The summed E-state index contributed by atoms with van der Waals surface area (Å²) in [5.74, 6) is -0.251. The predicted octanol–water partition coefficient (Wildman–Crippen LogP) is 2.04. The van der Waals surface area contributed by atoms with Crippen molar-refractivity contribution >= 4 is 17.5 Å². The molecule has 0 bridgehead atoms. The summed E-state index contributed by atoms with van der Waals surface area (Å²) in [6, 6.07) is 5.59. The van der Waals surface area contributed by atoms with Gasteiger partial charge in [-0.15, -0.1) is 0 Å². The number of carbonyl (C=O) groups excluding carboxylic acids is 2. The van der Waals surface area contributed by atoms with Gasteiger partial charge in [0.1, 0.15) is 11.8 Å². The zero-order valence-electron chi connectivity index (χ0n) is 14.4. The van der Waals surface area contributed by atoms with Crippen molar-refractivity contribution in [2.24, 2.45) is 0 Å². The fourth-order valence-corrected chi connectivity index (χ4v) is 3.48. The molecule has 0 radical (unpaired) electrons. The van der Waals surface area contributed by atoms with Crippen molar-refractivity contribution in [3.05, 3.63) is 24.3 Å². The first-order valence-corrected chi connectivity index (χ1v) is 8.92. The van der Waals surface area contributed by atoms with Gasteiger partial charge in [-0.05, 0) is 56.5 Å². The van der Waals surface area contributed by atoms with E-state index in [4.69, 9.17) is 0 Å². The van der Waals surface area contributed by atoms with Crippen molar-refractivity contribution in [1.82, 2.24) is 10.6 Å². The minimum absolute atomic E-state index is 0.0436. The number of carbonyl (C=O) groups is 2. The summed E-state index contributed by atoms with van der Waals surface area (Å²) < 4.78 is 28.8. The Bertz CT molecular complexity index is 633. The van der Waals surface area contributed by atoms with Crippen LogP contribution in [0.4, 0.5) is 14.5 Å². The van der Waals surface area contributed by atoms with E-state index in [1.807, 2.05) is 0 Å². The van der Waals surface area contributed by atoms with Gasteiger partial charge in [-0.1, -0.05) is 0 Å². The van der Waals surface area contributed by atoms with E-state index < -0.39 is 12.7 Å². The Morgan fingerprint density at radius 1 is 1.27 bits per heavy atom. The minimum atomic E-state index is -2.88. The molecule has 2 aliphatic rings. The summed E-state index contributed by atoms with van der Waals surface area (Å²) >= 11 is 0. The van der Waals surface area contributed by atoms with Gasteiger partial charge in [-0.2, -0.15) is 8.78 Å². The van der Waals surface area contributed by atoms with Crippen LogP contribution in [0.3, 0.4) is 0 Å². The number of ether oxygens (including phenoxy) is 1. The SMILES string of the molecule is O=C(CC1CCCN1)NC1CCCN(c2ccc(OC(F)F)cc2)C1=O. The lowest BCUT2D eigenvalue weighted by Crippen LogP contribution is -2.53. The van der Waals surface area contributed by atoms with Gasteiger partial charge in [-0.3, -0.25) is 9.59 Å². The Balaban J connectivity index is 1.59. The van der Waals surface area contributed by atoms with Crippen molar-refractivity contribution in [2.45, 2.75) is 50.8 Å². The van der Waals surface area contributed by atoms with Gasteiger partial charge in [0.25, 0.3) is 0 Å². The summed E-state index contributed by atoms with van der Waals surface area (Å²) in [7, 11) is 0. The first kappa shape index (κ1) is 18.6. The fraction of sp³-hybridized carbons (Fsp3) is 0.556. The van der Waals surface area contributed by atoms with Crippen LogP contribution < -0.4 is 20.3 Å². The van der Waals surface area contributed by atoms with Crippen LogP contribution in [0.15, 0.2) is 24.3 Å². The van der Waals surface area contributed by atoms with Crippen LogP contribution in [0.5, 0.6) is 5.75 Å². The second-order valence-electron chi connectivity index (χ2n) is 6.62. The Morgan fingerprint density at radius 2 is 2.04 bits per heavy atom. The van der Waals surface area contributed by atoms with Crippen LogP contribution >= 0.6 is 0 Å². The van der Waals surface area contributed by atoms with Crippen molar-refractivity contribution in [3.8, 4) is 5.75 Å². The average Bonchev–Trinajstić information content (AvgIpc) is 3.10. The van der Waals surface area contributed by atoms with Crippen molar-refractivity contribution in [1.29, 1.82) is 0 Å². The van der Waals surface area contributed by atoms with Crippen LogP contribution in [-0.2, 0) is 9.59 Å². The lowest BCUT2D eigenvalue weighted by molar-refractivity contribution is -0.128. The molecule has 1 aromatic rings. The highest BCUT2D eigenvalue weighted by Gasteiger charge is 2.31. The minimum Gasteiger partial charge on any atom is -0.435 e. The van der Waals surface area contributed by atoms with E-state index in [1.165, 1.54) is 12.1 Å². The lowest BCUT2D eigenvalue weighted by Gasteiger charge is -2.33. The summed E-state index contributed by atoms with van der Waals surface area (Å²) in [4.78, 5) is 26.5. The second kappa shape index (κ2) is 8.44. The molecule has 2 amide bonds. The average molecular weight is 367 g/mol. The molecular formula is C18H23F2N3O3. The zero-order valence-corrected chi connectivity index (χ0v) is 14.4. The molecule has 2 heterocycles. The Hall–Kier alpha value is -2.22. The third-order valence-corrected chi connectivity index (χ3v) is 4.74. The first-order valence-electron chi connectivity index (χ1n) is 8.92. The topological polar surface area (TPSA) is 70.7 Å². The number of hydrogen-bond acceptors (Lipinski definition) is 4. The Labute approximate surface area is 150 Å². The molecule has 2 N–H and O–H groups in total. The van der Waals surface area contributed by atoms with E-state index in [0.29, 0.717) is 25.1 Å². The maximum atomic E-state index is 12.7. The quantitative estimate of drug-likeness (QED) is 0.807. The van der Waals surface area contributed by atoms with Crippen LogP contribution in [-0.4, -0.2) is 43.6 Å². The van der Waals surface area contributed by atoms with E-state index in [2.05, 4.69) is 15.4 Å². The van der Waals surface area contributed by atoms with Crippen LogP contribution in [0, 0.1) is 0 Å². The largest absolute Gasteiger partial charge is 0.435 e. The number of piperidine rings is 1. The van der Waals surface area contributed by atoms with Crippen molar-refractivity contribution in [3.63, 3.8) is 0 Å². The highest BCUT2D eigenvalue weighted by Crippen LogP contribution is 2.24. The maximum Gasteiger partial charge on any atom is 0.387 e. The summed E-state index contributed by atoms with van der Waals surface area (Å²) in [5.41, 5.74) is 0.605. The number of alkyl halides is 2. The molecule has 0 saturated carbocycles. The second-order valence-corrected chi connectivity index (χ2v) is 6.62. The highest BCUT2D eigenvalue weighted by molar-refractivity contribution is 6.00. The molecule has 2 fully saturated rings. The number of benzene rings is 1. The molecule has 1 aromatic carbocycles. The molecule has 2 aliphatic heterocycles. The molecular weight excluding hydrogens is 344 g/mol. The van der Waals surface area contributed by atoms with E-state index in [1.54, 1.807) is 17.0 Å². The van der Waals surface area contributed by atoms with Crippen molar-refractivity contribution in [2.75, 3.05) is 18.0 Å². The smallest absolute Gasteiger partial charge is 0.387 e. The number of nitrogens with one attached hydrogen (secondary N) is 2. The first-order chi connectivity index (χ1) is 12.5. The summed E-state index contributed by atoms with van der Waals surface area (Å²) in [5, 5.41) is 6.11. The molecule has 0 spiro atoms. The third kappa shape index (κ3) is 4.69. The molecule has 26 heavy (non-hydrogen) atoms. The zero-order chi connectivity index (χ0) is 18.5. The monoisotopic (exact) mass is 367 g/mol. The molecule has 2 unspecified atom stereocenters. The van der Waals surface area contributed by atoms with Gasteiger partial charge >= 0.3 is 6.61 Å². The Kier molecular flexibility index (Phi) is 6.03. The molecule has 0 aliphatic carbocycles. The molecule has 3 rings (SSSR count). The number of rotatable bonds is 6. The van der Waals surface area contributed by atoms with E-state index in [9.17, 15) is 18.4 Å². The van der Waals surface area contributed by atoms with Crippen molar-refractivity contribution < 1.29 is 23.1 Å². The number of hydrogen-bond donors (Lipinski definition) is 2. The number of amides is 2. The lowest BCUT2D eigenvalue weighted by atomic mass is 10.0. The van der Waals surface area contributed by atoms with Gasteiger partial charge in [0.15, 0.2) is 0 Å². The predicted molar refractivity (Wildman–Crippen MR) is 92.2 cm³/mol. The van der Waals surface area contributed by atoms with Crippen LogP contribution in [0.1, 0.15) is 32.1 Å². The summed E-state index contributed by atoms with van der Waals surface area (Å²) in [6.07, 6.45) is 3.79. The van der Waals surface area contributed by atoms with Gasteiger partial charge in [0.2, 0.25) is 11.8 Å². The van der Waals surface area contributed by atoms with E-state index >= 15 is 0 Å². The molecule has 142 valence electrons. The molecule has 6 nitrogen and oxygen atoms in total.